The van der Waals surface area contributed by atoms with E-state index < -0.39 is 49.6 Å². The van der Waals surface area contributed by atoms with E-state index in [0.29, 0.717) is 28.2 Å². The van der Waals surface area contributed by atoms with Gasteiger partial charge >= 0.3 is 13.7 Å². The maximum Gasteiger partial charge on any atom is 0.459 e. The fourth-order valence-corrected chi connectivity index (χ4v) is 7.12. The van der Waals surface area contributed by atoms with E-state index in [0.717, 1.165) is 5.39 Å². The van der Waals surface area contributed by atoms with E-state index in [1.165, 1.54) is 13.3 Å². The van der Waals surface area contributed by atoms with E-state index in [-0.39, 0.29) is 6.61 Å². The first kappa shape index (κ1) is 26.7. The number of fused-ring (bicyclic) bond motifs is 3. The zero-order valence-electron chi connectivity index (χ0n) is 22.1. The Morgan fingerprint density at radius 2 is 2.02 bits per heavy atom. The van der Waals surface area contributed by atoms with Crippen molar-refractivity contribution in [2.75, 3.05) is 12.3 Å². The lowest BCUT2D eigenvalue weighted by Crippen LogP contribution is -2.36. The second-order valence-corrected chi connectivity index (χ2v) is 11.7. The molecule has 2 aromatic heterocycles. The predicted molar refractivity (Wildman–Crippen MR) is 145 cm³/mol. The van der Waals surface area contributed by atoms with Crippen molar-refractivity contribution in [3.8, 4) is 5.75 Å². The van der Waals surface area contributed by atoms with Crippen LogP contribution in [0.3, 0.4) is 0 Å². The van der Waals surface area contributed by atoms with Crippen molar-refractivity contribution in [3.63, 3.8) is 0 Å². The summed E-state index contributed by atoms with van der Waals surface area (Å²) in [4.78, 5) is 16.4. The number of hydrogen-bond acceptors (Lipinski definition) is 10. The van der Waals surface area contributed by atoms with E-state index in [4.69, 9.17) is 24.3 Å². The summed E-state index contributed by atoms with van der Waals surface area (Å²) < 4.78 is 39.1. The Kier molecular flexibility index (Phi) is 6.55. The quantitative estimate of drug-likeness (QED) is 0.201. The summed E-state index contributed by atoms with van der Waals surface area (Å²) in [5.74, 6) is -0.462. The molecule has 1 aliphatic carbocycles. The monoisotopic (exact) mass is 567 g/mol. The lowest BCUT2D eigenvalue weighted by Gasteiger charge is -2.27. The third-order valence-corrected chi connectivity index (χ3v) is 9.21. The molecule has 1 aliphatic heterocycles. The topological polar surface area (TPSA) is 160 Å². The second kappa shape index (κ2) is 9.83. The fourth-order valence-electron chi connectivity index (χ4n) is 5.39. The molecule has 7 atom stereocenters. The number of nitrogens with one attached hydrogen (secondary N) is 1. The second-order valence-electron chi connectivity index (χ2n) is 10.0. The summed E-state index contributed by atoms with van der Waals surface area (Å²) in [5.41, 5.74) is 5.83. The number of aliphatic hydroxyl groups is 1. The van der Waals surface area contributed by atoms with Crippen LogP contribution >= 0.6 is 7.75 Å². The molecule has 2 unspecified atom stereocenters. The van der Waals surface area contributed by atoms with E-state index in [9.17, 15) is 14.5 Å². The Balaban J connectivity index is 1.27. The van der Waals surface area contributed by atoms with E-state index in [1.807, 2.05) is 43.3 Å². The molecule has 2 aliphatic rings. The summed E-state index contributed by atoms with van der Waals surface area (Å²) >= 11 is 0. The molecule has 3 heterocycles. The van der Waals surface area contributed by atoms with Crippen molar-refractivity contribution in [2.45, 2.75) is 50.7 Å². The summed E-state index contributed by atoms with van der Waals surface area (Å²) in [6.07, 6.45) is -0.949. The van der Waals surface area contributed by atoms with Gasteiger partial charge in [0.2, 0.25) is 0 Å². The number of esters is 1. The molecule has 2 fully saturated rings. The van der Waals surface area contributed by atoms with Crippen LogP contribution in [0.2, 0.25) is 0 Å². The highest BCUT2D eigenvalue weighted by molar-refractivity contribution is 7.52. The Morgan fingerprint density at radius 1 is 1.25 bits per heavy atom. The molecule has 1 saturated heterocycles. The Morgan fingerprint density at radius 3 is 2.77 bits per heavy atom. The van der Waals surface area contributed by atoms with E-state index in [1.54, 1.807) is 29.6 Å². The largest absolute Gasteiger partial charge is 0.465 e. The number of carbonyl (C=O) groups excluding carboxylic acids is 1. The summed E-state index contributed by atoms with van der Waals surface area (Å²) in [5, 5.41) is 20.1. The number of benzene rings is 2. The zero-order chi connectivity index (χ0) is 28.2. The number of carbonyl (C=O) groups is 1. The van der Waals surface area contributed by atoms with Gasteiger partial charge in [0.05, 0.1) is 12.3 Å². The van der Waals surface area contributed by atoms with Crippen molar-refractivity contribution >= 4 is 35.8 Å². The Labute approximate surface area is 230 Å². The molecule has 4 aromatic rings. The van der Waals surface area contributed by atoms with Crippen LogP contribution in [0.4, 0.5) is 5.82 Å². The summed E-state index contributed by atoms with van der Waals surface area (Å²) in [6, 6.07) is 15.4. The van der Waals surface area contributed by atoms with Crippen LogP contribution in [0.5, 0.6) is 5.75 Å². The number of nitrogen functional groups attached to an aromatic ring is 1. The first-order valence-corrected chi connectivity index (χ1v) is 14.6. The molecule has 13 heteroatoms. The minimum Gasteiger partial charge on any atom is -0.465 e. The molecule has 210 valence electrons. The molecule has 0 radical (unpaired) electrons. The van der Waals surface area contributed by atoms with Crippen molar-refractivity contribution in [3.05, 3.63) is 66.6 Å². The molecule has 40 heavy (non-hydrogen) atoms. The SMILES string of the molecule is CCOC(=O)[C@H](C)NP(=O)(Oc1cccc2ccccc12)OC1[C@H]2O[C@@H](c3ccc4c(N)ncnn34)[C@@H](C)[C@@]12O. The first-order chi connectivity index (χ1) is 19.2. The lowest BCUT2D eigenvalue weighted by atomic mass is 9.95. The average molecular weight is 568 g/mol. The third-order valence-electron chi connectivity index (χ3n) is 7.57. The number of anilines is 1. The first-order valence-electron chi connectivity index (χ1n) is 13.0. The van der Waals surface area contributed by atoms with Gasteiger partial charge in [-0.1, -0.05) is 43.3 Å². The van der Waals surface area contributed by atoms with Gasteiger partial charge in [-0.25, -0.2) is 14.1 Å². The van der Waals surface area contributed by atoms with Crippen LogP contribution < -0.4 is 15.3 Å². The normalized spacial score (nSPS) is 27.7. The van der Waals surface area contributed by atoms with Gasteiger partial charge < -0.3 is 24.8 Å². The van der Waals surface area contributed by atoms with Crippen LogP contribution in [0.1, 0.15) is 32.6 Å². The van der Waals surface area contributed by atoms with Gasteiger partial charge in [0.15, 0.2) is 5.82 Å². The molecule has 6 rings (SSSR count). The predicted octanol–water partition coefficient (Wildman–Crippen LogP) is 3.40. The molecular formula is C27H30N5O7P. The van der Waals surface area contributed by atoms with Gasteiger partial charge in [0.1, 0.15) is 47.5 Å². The van der Waals surface area contributed by atoms with Crippen molar-refractivity contribution in [1.29, 1.82) is 0 Å². The number of ether oxygens (including phenoxy) is 2. The van der Waals surface area contributed by atoms with Crippen LogP contribution in [-0.4, -0.2) is 56.1 Å². The number of rotatable bonds is 9. The van der Waals surface area contributed by atoms with Gasteiger partial charge in [-0.05, 0) is 37.4 Å². The molecule has 0 spiro atoms. The van der Waals surface area contributed by atoms with Gasteiger partial charge in [0.25, 0.3) is 0 Å². The molecule has 2 aromatic carbocycles. The van der Waals surface area contributed by atoms with E-state index >= 15 is 0 Å². The summed E-state index contributed by atoms with van der Waals surface area (Å²) in [6.45, 7) is 5.16. The molecule has 1 saturated carbocycles. The maximum atomic E-state index is 14.2. The third kappa shape index (κ3) is 4.32. The van der Waals surface area contributed by atoms with Crippen LogP contribution in [0.15, 0.2) is 60.9 Å². The van der Waals surface area contributed by atoms with E-state index in [2.05, 4.69) is 15.2 Å². The van der Waals surface area contributed by atoms with Crippen LogP contribution in [-0.2, 0) is 23.4 Å². The lowest BCUT2D eigenvalue weighted by molar-refractivity contribution is -0.144. The number of nitrogens with zero attached hydrogens (tertiary/aromatic N) is 3. The summed E-state index contributed by atoms with van der Waals surface area (Å²) in [7, 11) is -4.25. The van der Waals surface area contributed by atoms with Crippen molar-refractivity contribution in [2.24, 2.45) is 5.92 Å². The molecular weight excluding hydrogens is 537 g/mol. The Hall–Kier alpha value is -3.54. The van der Waals surface area contributed by atoms with Gasteiger partial charge in [-0.15, -0.1) is 0 Å². The number of nitrogens with two attached hydrogens (primary N) is 1. The minimum absolute atomic E-state index is 0.155. The average Bonchev–Trinajstić information content (AvgIpc) is 3.19. The number of hydrogen-bond donors (Lipinski definition) is 3. The molecule has 12 nitrogen and oxygen atoms in total. The van der Waals surface area contributed by atoms with Crippen molar-refractivity contribution < 1.29 is 33.0 Å². The molecule has 0 amide bonds. The Bertz CT molecular complexity index is 1640. The van der Waals surface area contributed by atoms with Crippen molar-refractivity contribution in [1.82, 2.24) is 19.7 Å². The van der Waals surface area contributed by atoms with Gasteiger partial charge in [-0.3, -0.25) is 9.32 Å². The standard InChI is InChI=1S/C27H30N5O7P/c1-4-36-26(33)16(3)31-40(35,38-21-11-7-9-17-8-5-6-10-18(17)21)39-24-23-27(24,34)15(2)22(37-23)19-12-13-20-25(28)29-14-30-32(19)20/h5-16,22-24,34H,4H2,1-3H3,(H,31,35)(H2,28,29,30)/t15-,16+,22-,23-,24?,27+,40?/m1/s1. The highest BCUT2D eigenvalue weighted by Gasteiger charge is 2.77. The number of aromatic nitrogens is 3. The smallest absolute Gasteiger partial charge is 0.459 e. The van der Waals surface area contributed by atoms with Crippen LogP contribution in [0.25, 0.3) is 16.3 Å². The van der Waals surface area contributed by atoms with Gasteiger partial charge in [0, 0.05) is 11.3 Å². The highest BCUT2D eigenvalue weighted by Crippen LogP contribution is 2.64. The zero-order valence-corrected chi connectivity index (χ0v) is 23.0. The fraction of sp³-hybridized carbons (Fsp3) is 0.370. The highest BCUT2D eigenvalue weighted by atomic mass is 31.2. The minimum atomic E-state index is -4.25. The van der Waals surface area contributed by atoms with Crippen LogP contribution in [0, 0.1) is 5.92 Å². The van der Waals surface area contributed by atoms with Gasteiger partial charge in [-0.2, -0.15) is 10.2 Å². The molecule has 0 bridgehead atoms. The maximum absolute atomic E-state index is 14.2. The molecule has 4 N–H and O–H groups in total.